The van der Waals surface area contributed by atoms with Crippen LogP contribution in [-0.2, 0) is 33.5 Å². The van der Waals surface area contributed by atoms with Crippen LogP contribution < -0.4 is 9.46 Å². The van der Waals surface area contributed by atoms with E-state index in [0.29, 0.717) is 17.1 Å². The Hall–Kier alpha value is -3.15. The largest absolute Gasteiger partial charge is 0.481 e. The molecule has 1 amide bonds. The van der Waals surface area contributed by atoms with Crippen molar-refractivity contribution in [3.63, 3.8) is 0 Å². The van der Waals surface area contributed by atoms with Gasteiger partial charge in [0.05, 0.1) is 29.8 Å². The van der Waals surface area contributed by atoms with Crippen LogP contribution in [0.5, 0.6) is 5.88 Å². The average molecular weight is 454 g/mol. The van der Waals surface area contributed by atoms with Crippen molar-refractivity contribution in [2.75, 3.05) is 7.11 Å². The Morgan fingerprint density at radius 1 is 1.26 bits per heavy atom. The number of carbonyl (C=O) groups is 1. The second-order valence-corrected chi connectivity index (χ2v) is 8.91. The minimum absolute atomic E-state index is 0.101. The normalized spacial score (nSPS) is 15.6. The summed E-state index contributed by atoms with van der Waals surface area (Å²) in [6, 6.07) is 5.29. The molecule has 1 fully saturated rings. The quantitative estimate of drug-likeness (QED) is 0.636. The van der Waals surface area contributed by atoms with Crippen LogP contribution >= 0.6 is 0 Å². The van der Waals surface area contributed by atoms with Gasteiger partial charge < -0.3 is 4.74 Å². The predicted octanol–water partition coefficient (Wildman–Crippen LogP) is 2.53. The van der Waals surface area contributed by atoms with Gasteiger partial charge in [0.25, 0.3) is 10.0 Å². The van der Waals surface area contributed by atoms with Crippen molar-refractivity contribution in [1.29, 1.82) is 0 Å². The molecule has 0 aliphatic heterocycles. The number of hydrogen-bond donors (Lipinski definition) is 1. The predicted molar refractivity (Wildman–Crippen MR) is 103 cm³/mol. The van der Waals surface area contributed by atoms with Crippen LogP contribution in [0, 0.1) is 0 Å². The second kappa shape index (κ2) is 6.94. The number of para-hydroxylation sites is 1. The number of halogens is 3. The summed E-state index contributed by atoms with van der Waals surface area (Å²) in [4.78, 5) is 16.5. The fourth-order valence-corrected chi connectivity index (χ4v) is 4.86. The van der Waals surface area contributed by atoms with Crippen LogP contribution in [0.25, 0.3) is 10.9 Å². The van der Waals surface area contributed by atoms with Gasteiger partial charge in [0.1, 0.15) is 4.90 Å². The molecule has 0 unspecified atom stereocenters. The molecule has 0 spiro atoms. The third-order valence-electron chi connectivity index (χ3n) is 5.31. The average Bonchev–Trinajstić information content (AvgIpc) is 3.44. The first-order valence-corrected chi connectivity index (χ1v) is 10.6. The molecule has 2 heterocycles. The fraction of sp³-hybridized carbons (Fsp3) is 0.316. The number of amides is 1. The van der Waals surface area contributed by atoms with Crippen molar-refractivity contribution >= 4 is 26.8 Å². The number of benzene rings is 1. The van der Waals surface area contributed by atoms with Gasteiger partial charge in [0.15, 0.2) is 0 Å². The molecule has 4 rings (SSSR count). The molecule has 1 N–H and O–H groups in total. The molecule has 0 atom stereocenters. The van der Waals surface area contributed by atoms with E-state index in [1.165, 1.54) is 30.1 Å². The molecule has 3 aromatic rings. The highest BCUT2D eigenvalue weighted by Crippen LogP contribution is 2.52. The maximum Gasteiger partial charge on any atom is 0.417 e. The summed E-state index contributed by atoms with van der Waals surface area (Å²) in [5, 5.41) is 4.58. The Labute approximate surface area is 175 Å². The SMILES string of the molecule is COc1ncc(C(F)(F)F)cc1C1(C(=O)NS(=O)(=O)c2cccc3cnn(C)c23)CC1. The van der Waals surface area contributed by atoms with Crippen LogP contribution in [-0.4, -0.2) is 36.2 Å². The molecule has 8 nitrogen and oxygen atoms in total. The maximum absolute atomic E-state index is 13.2. The number of hydrogen-bond acceptors (Lipinski definition) is 6. The molecule has 0 radical (unpaired) electrons. The topological polar surface area (TPSA) is 103 Å². The molecule has 0 saturated heterocycles. The molecule has 2 aromatic heterocycles. The molecule has 1 aromatic carbocycles. The molecule has 12 heteroatoms. The van der Waals surface area contributed by atoms with Crippen LogP contribution in [0.2, 0.25) is 0 Å². The Kier molecular flexibility index (Phi) is 4.72. The van der Waals surface area contributed by atoms with Crippen LogP contribution in [0.3, 0.4) is 0 Å². The van der Waals surface area contributed by atoms with Crippen molar-refractivity contribution in [2.45, 2.75) is 29.3 Å². The van der Waals surface area contributed by atoms with E-state index in [2.05, 4.69) is 10.1 Å². The van der Waals surface area contributed by atoms with Gasteiger partial charge in [-0.2, -0.15) is 18.3 Å². The van der Waals surface area contributed by atoms with Gasteiger partial charge in [-0.25, -0.2) is 18.1 Å². The Morgan fingerprint density at radius 3 is 2.58 bits per heavy atom. The van der Waals surface area contributed by atoms with Crippen LogP contribution in [0.1, 0.15) is 24.0 Å². The molecular weight excluding hydrogens is 437 g/mol. The number of pyridine rings is 1. The number of methoxy groups -OCH3 is 1. The van der Waals surface area contributed by atoms with E-state index in [4.69, 9.17) is 4.74 Å². The lowest BCUT2D eigenvalue weighted by Gasteiger charge is -2.19. The zero-order chi connectivity index (χ0) is 22.6. The minimum Gasteiger partial charge on any atom is -0.481 e. The van der Waals surface area contributed by atoms with Gasteiger partial charge in [-0.05, 0) is 25.0 Å². The fourth-order valence-electron chi connectivity index (χ4n) is 3.54. The van der Waals surface area contributed by atoms with E-state index < -0.39 is 33.1 Å². The number of rotatable bonds is 5. The van der Waals surface area contributed by atoms with Gasteiger partial charge in [-0.15, -0.1) is 0 Å². The van der Waals surface area contributed by atoms with Crippen LogP contribution in [0.4, 0.5) is 13.2 Å². The van der Waals surface area contributed by atoms with Crippen molar-refractivity contribution < 1.29 is 31.1 Å². The highest BCUT2D eigenvalue weighted by molar-refractivity contribution is 7.90. The number of ether oxygens (including phenoxy) is 1. The zero-order valence-corrected chi connectivity index (χ0v) is 17.2. The van der Waals surface area contributed by atoms with E-state index in [0.717, 1.165) is 6.07 Å². The molecule has 164 valence electrons. The first kappa shape index (κ1) is 21.1. The Bertz CT molecular complexity index is 1300. The van der Waals surface area contributed by atoms with Crippen molar-refractivity contribution in [3.05, 3.63) is 47.8 Å². The van der Waals surface area contributed by atoms with Gasteiger partial charge in [-0.3, -0.25) is 9.48 Å². The van der Waals surface area contributed by atoms with E-state index in [-0.39, 0.29) is 29.2 Å². The molecular formula is C19H17F3N4O4S. The minimum atomic E-state index is -4.68. The van der Waals surface area contributed by atoms with E-state index in [9.17, 15) is 26.4 Å². The third kappa shape index (κ3) is 3.50. The smallest absolute Gasteiger partial charge is 0.417 e. The number of carbonyl (C=O) groups excluding carboxylic acids is 1. The van der Waals surface area contributed by atoms with Crippen molar-refractivity contribution in [2.24, 2.45) is 7.05 Å². The van der Waals surface area contributed by atoms with Gasteiger partial charge >= 0.3 is 6.18 Å². The second-order valence-electron chi connectivity index (χ2n) is 7.26. The van der Waals surface area contributed by atoms with Gasteiger partial charge in [-0.1, -0.05) is 12.1 Å². The third-order valence-corrected chi connectivity index (χ3v) is 6.68. The molecule has 1 aliphatic rings. The highest BCUT2D eigenvalue weighted by atomic mass is 32.2. The number of aromatic nitrogens is 3. The first-order valence-electron chi connectivity index (χ1n) is 9.09. The summed E-state index contributed by atoms with van der Waals surface area (Å²) >= 11 is 0. The summed E-state index contributed by atoms with van der Waals surface area (Å²) in [5.41, 5.74) is -2.33. The number of fused-ring (bicyclic) bond motifs is 1. The van der Waals surface area contributed by atoms with Crippen molar-refractivity contribution in [3.8, 4) is 5.88 Å². The molecule has 1 saturated carbocycles. The van der Waals surface area contributed by atoms with Gasteiger partial charge in [0.2, 0.25) is 11.8 Å². The Morgan fingerprint density at radius 2 is 1.97 bits per heavy atom. The number of alkyl halides is 3. The molecule has 31 heavy (non-hydrogen) atoms. The lowest BCUT2D eigenvalue weighted by atomic mass is 9.95. The van der Waals surface area contributed by atoms with Crippen LogP contribution in [0.15, 0.2) is 41.6 Å². The molecule has 1 aliphatic carbocycles. The molecule has 0 bridgehead atoms. The number of nitrogens with one attached hydrogen (secondary N) is 1. The lowest BCUT2D eigenvalue weighted by Crippen LogP contribution is -2.39. The summed E-state index contributed by atoms with van der Waals surface area (Å²) < 4.78 is 73.9. The number of aryl methyl sites for hydroxylation is 1. The Balaban J connectivity index is 1.73. The monoisotopic (exact) mass is 454 g/mol. The van der Waals surface area contributed by atoms with E-state index in [1.54, 1.807) is 13.1 Å². The van der Waals surface area contributed by atoms with E-state index >= 15 is 0 Å². The number of sulfonamides is 1. The summed E-state index contributed by atoms with van der Waals surface area (Å²) in [5.74, 6) is -1.10. The summed E-state index contributed by atoms with van der Waals surface area (Å²) in [7, 11) is -1.56. The standard InChI is InChI=1S/C19H17F3N4O4S/c1-26-15-11(9-24-26)4-3-5-14(15)31(28,29)25-17(27)18(6-7-18)13-8-12(19(20,21)22)10-23-16(13)30-2/h3-5,8-10H,6-7H2,1-2H3,(H,25,27). The number of nitrogens with zero attached hydrogens (tertiary/aromatic N) is 3. The maximum atomic E-state index is 13.2. The lowest BCUT2D eigenvalue weighted by molar-refractivity contribution is -0.138. The van der Waals surface area contributed by atoms with E-state index in [1.807, 2.05) is 4.72 Å². The van der Waals surface area contributed by atoms with Crippen molar-refractivity contribution in [1.82, 2.24) is 19.5 Å². The zero-order valence-electron chi connectivity index (χ0n) is 16.4. The summed E-state index contributed by atoms with van der Waals surface area (Å²) in [6.45, 7) is 0. The highest BCUT2D eigenvalue weighted by Gasteiger charge is 2.55. The summed E-state index contributed by atoms with van der Waals surface area (Å²) in [6.07, 6.45) is -2.27. The first-order chi connectivity index (χ1) is 14.5. The van der Waals surface area contributed by atoms with Gasteiger partial charge in [0, 0.05) is 24.2 Å².